The van der Waals surface area contributed by atoms with E-state index in [0.29, 0.717) is 6.54 Å². The molecule has 2 N–H and O–H groups in total. The number of allylic oxidation sites excluding steroid dienone is 1. The molecule has 0 atom stereocenters. The molecule has 0 saturated carbocycles. The monoisotopic (exact) mass is 268 g/mol. The summed E-state index contributed by atoms with van der Waals surface area (Å²) in [5, 5.41) is 4.68. The number of hydrogen-bond acceptors (Lipinski definition) is 4. The summed E-state index contributed by atoms with van der Waals surface area (Å²) in [4.78, 5) is 33.0. The van der Waals surface area contributed by atoms with Gasteiger partial charge in [-0.2, -0.15) is 0 Å². The first-order valence-corrected chi connectivity index (χ1v) is 6.47. The highest BCUT2D eigenvalue weighted by Crippen LogP contribution is 2.19. The lowest BCUT2D eigenvalue weighted by Crippen LogP contribution is -2.41. The zero-order valence-corrected chi connectivity index (χ0v) is 11.2. The summed E-state index contributed by atoms with van der Waals surface area (Å²) in [5.41, 5.74) is 1.36. The van der Waals surface area contributed by atoms with E-state index in [9.17, 15) is 14.4 Å². The Balaban J connectivity index is 2.11. The molecule has 0 aliphatic heterocycles. The van der Waals surface area contributed by atoms with Gasteiger partial charge in [0.25, 0.3) is 5.91 Å². The van der Waals surface area contributed by atoms with Crippen molar-refractivity contribution in [2.24, 2.45) is 0 Å². The van der Waals surface area contributed by atoms with Crippen LogP contribution in [0, 0.1) is 0 Å². The number of carbonyl (C=O) groups excluding carboxylic acids is 3. The van der Waals surface area contributed by atoms with Crippen molar-refractivity contribution in [1.82, 2.24) is 10.6 Å². The largest absolute Gasteiger partial charge is 0.456 e. The van der Waals surface area contributed by atoms with E-state index in [2.05, 4.69) is 21.4 Å². The fourth-order valence-electron chi connectivity index (χ4n) is 1.84. The molecule has 0 aromatic heterocycles. The molecule has 0 radical (unpaired) electrons. The first-order chi connectivity index (χ1) is 9.08. The quantitative estimate of drug-likeness (QED) is 0.581. The Hall–Kier alpha value is -1.85. The maximum absolute atomic E-state index is 11.3. The second kappa shape index (κ2) is 8.29. The Morgan fingerprint density at radius 2 is 2.11 bits per heavy atom. The minimum atomic E-state index is -0.635. The van der Waals surface area contributed by atoms with Crippen LogP contribution in [0.3, 0.4) is 0 Å². The molecular weight excluding hydrogens is 248 g/mol. The summed E-state index contributed by atoms with van der Waals surface area (Å²) < 4.78 is 4.46. The zero-order valence-electron chi connectivity index (χ0n) is 11.2. The summed E-state index contributed by atoms with van der Waals surface area (Å²) in [5.74, 6) is -1.19. The van der Waals surface area contributed by atoms with E-state index in [-0.39, 0.29) is 0 Å². The SMILES string of the molecule is CC(=O)OCC(=O)NC(=O)NCCC1=CCCCC1. The van der Waals surface area contributed by atoms with Crippen molar-refractivity contribution in [1.29, 1.82) is 0 Å². The molecule has 0 aromatic rings. The van der Waals surface area contributed by atoms with Crippen molar-refractivity contribution in [3.63, 3.8) is 0 Å². The smallest absolute Gasteiger partial charge is 0.321 e. The van der Waals surface area contributed by atoms with Crippen LogP contribution in [0.5, 0.6) is 0 Å². The number of hydrogen-bond donors (Lipinski definition) is 2. The van der Waals surface area contributed by atoms with E-state index in [0.717, 1.165) is 19.3 Å². The lowest BCUT2D eigenvalue weighted by atomic mass is 9.97. The summed E-state index contributed by atoms with van der Waals surface area (Å²) in [6, 6.07) is -0.562. The van der Waals surface area contributed by atoms with Gasteiger partial charge in [-0.1, -0.05) is 11.6 Å². The average Bonchev–Trinajstić information content (AvgIpc) is 2.37. The Morgan fingerprint density at radius 1 is 1.32 bits per heavy atom. The third-order valence-electron chi connectivity index (χ3n) is 2.78. The normalized spacial score (nSPS) is 14.3. The molecule has 0 fully saturated rings. The fraction of sp³-hybridized carbons (Fsp3) is 0.615. The van der Waals surface area contributed by atoms with Gasteiger partial charge in [-0.25, -0.2) is 4.79 Å². The third-order valence-corrected chi connectivity index (χ3v) is 2.78. The molecule has 106 valence electrons. The predicted molar refractivity (Wildman–Crippen MR) is 69.3 cm³/mol. The summed E-state index contributed by atoms with van der Waals surface area (Å²) >= 11 is 0. The van der Waals surface area contributed by atoms with Gasteiger partial charge in [-0.15, -0.1) is 0 Å². The van der Waals surface area contributed by atoms with Crippen LogP contribution in [-0.4, -0.2) is 31.1 Å². The van der Waals surface area contributed by atoms with Crippen LogP contribution in [0.25, 0.3) is 0 Å². The Morgan fingerprint density at radius 3 is 2.74 bits per heavy atom. The van der Waals surface area contributed by atoms with Crippen molar-refractivity contribution in [2.75, 3.05) is 13.2 Å². The Bertz CT molecular complexity index is 377. The molecular formula is C13H20N2O4. The molecule has 0 aromatic carbocycles. The number of esters is 1. The van der Waals surface area contributed by atoms with Gasteiger partial charge in [0, 0.05) is 13.5 Å². The van der Waals surface area contributed by atoms with Crippen molar-refractivity contribution in [3.05, 3.63) is 11.6 Å². The van der Waals surface area contributed by atoms with Crippen LogP contribution in [0.15, 0.2) is 11.6 Å². The fourth-order valence-corrected chi connectivity index (χ4v) is 1.84. The van der Waals surface area contributed by atoms with Gasteiger partial charge in [0.2, 0.25) is 0 Å². The number of carbonyl (C=O) groups is 3. The number of nitrogens with one attached hydrogen (secondary N) is 2. The zero-order chi connectivity index (χ0) is 14.1. The van der Waals surface area contributed by atoms with E-state index in [1.165, 1.54) is 25.3 Å². The second-order valence-electron chi connectivity index (χ2n) is 4.44. The first kappa shape index (κ1) is 15.2. The second-order valence-corrected chi connectivity index (χ2v) is 4.44. The molecule has 6 nitrogen and oxygen atoms in total. The maximum Gasteiger partial charge on any atom is 0.321 e. The highest BCUT2D eigenvalue weighted by molar-refractivity contribution is 5.95. The van der Waals surface area contributed by atoms with Crippen LogP contribution in [-0.2, 0) is 14.3 Å². The minimum Gasteiger partial charge on any atom is -0.456 e. The molecule has 0 saturated heterocycles. The van der Waals surface area contributed by atoms with Crippen molar-refractivity contribution < 1.29 is 19.1 Å². The number of urea groups is 1. The number of rotatable bonds is 5. The molecule has 0 unspecified atom stereocenters. The van der Waals surface area contributed by atoms with Gasteiger partial charge < -0.3 is 10.1 Å². The Kier molecular flexibility index (Phi) is 6.63. The molecule has 6 heteroatoms. The van der Waals surface area contributed by atoms with E-state index in [1.54, 1.807) is 0 Å². The van der Waals surface area contributed by atoms with Crippen LogP contribution in [0.4, 0.5) is 4.79 Å². The molecule has 3 amide bonds. The molecule has 19 heavy (non-hydrogen) atoms. The lowest BCUT2D eigenvalue weighted by molar-refractivity contribution is -0.146. The van der Waals surface area contributed by atoms with Gasteiger partial charge in [0.1, 0.15) is 0 Å². The van der Waals surface area contributed by atoms with Crippen molar-refractivity contribution >= 4 is 17.9 Å². The third kappa shape index (κ3) is 7.23. The van der Waals surface area contributed by atoms with Crippen LogP contribution >= 0.6 is 0 Å². The lowest BCUT2D eigenvalue weighted by Gasteiger charge is -2.13. The molecule has 1 aliphatic rings. The van der Waals surface area contributed by atoms with E-state index < -0.39 is 24.5 Å². The highest BCUT2D eigenvalue weighted by Gasteiger charge is 2.09. The Labute approximate surface area is 112 Å². The standard InChI is InChI=1S/C13H20N2O4/c1-10(16)19-9-12(17)15-13(18)14-8-7-11-5-3-2-4-6-11/h5H,2-4,6-9H2,1H3,(H2,14,15,17,18). The number of imide groups is 1. The molecule has 0 bridgehead atoms. The van der Waals surface area contributed by atoms with E-state index in [4.69, 9.17) is 0 Å². The maximum atomic E-state index is 11.3. The topological polar surface area (TPSA) is 84.5 Å². The number of amides is 3. The van der Waals surface area contributed by atoms with Crippen LogP contribution in [0.2, 0.25) is 0 Å². The molecule has 0 spiro atoms. The van der Waals surface area contributed by atoms with Gasteiger partial charge >= 0.3 is 12.0 Å². The van der Waals surface area contributed by atoms with E-state index >= 15 is 0 Å². The summed E-state index contributed by atoms with van der Waals surface area (Å²) in [6.45, 7) is 1.26. The predicted octanol–water partition coefficient (Wildman–Crippen LogP) is 1.27. The van der Waals surface area contributed by atoms with Gasteiger partial charge in [0.05, 0.1) is 0 Å². The molecule has 1 rings (SSSR count). The molecule has 1 aliphatic carbocycles. The average molecular weight is 268 g/mol. The van der Waals surface area contributed by atoms with Crippen molar-refractivity contribution in [3.8, 4) is 0 Å². The summed E-state index contributed by atoms with van der Waals surface area (Å²) in [7, 11) is 0. The van der Waals surface area contributed by atoms with Gasteiger partial charge in [-0.3, -0.25) is 14.9 Å². The van der Waals surface area contributed by atoms with Crippen LogP contribution in [0.1, 0.15) is 39.0 Å². The van der Waals surface area contributed by atoms with Crippen molar-refractivity contribution in [2.45, 2.75) is 39.0 Å². The molecule has 0 heterocycles. The van der Waals surface area contributed by atoms with Crippen LogP contribution < -0.4 is 10.6 Å². The van der Waals surface area contributed by atoms with Gasteiger partial charge in [-0.05, 0) is 32.1 Å². The summed E-state index contributed by atoms with van der Waals surface area (Å²) in [6.07, 6.45) is 7.68. The first-order valence-electron chi connectivity index (χ1n) is 6.47. The minimum absolute atomic E-state index is 0.437. The number of ether oxygens (including phenoxy) is 1. The van der Waals surface area contributed by atoms with E-state index in [1.807, 2.05) is 0 Å². The highest BCUT2D eigenvalue weighted by atomic mass is 16.5. The van der Waals surface area contributed by atoms with Gasteiger partial charge in [0.15, 0.2) is 6.61 Å².